The number of methoxy groups -OCH3 is 1. The molecule has 3 heterocycles. The van der Waals surface area contributed by atoms with Crippen LogP contribution in [0.3, 0.4) is 0 Å². The number of anilines is 1. The van der Waals surface area contributed by atoms with Crippen molar-refractivity contribution >= 4 is 17.3 Å². The number of ether oxygens (including phenoxy) is 1. The van der Waals surface area contributed by atoms with E-state index in [4.69, 9.17) is 10.5 Å². The van der Waals surface area contributed by atoms with Crippen LogP contribution in [-0.4, -0.2) is 37.8 Å². The van der Waals surface area contributed by atoms with Gasteiger partial charge in [-0.05, 0) is 12.1 Å². The van der Waals surface area contributed by atoms with Crippen molar-refractivity contribution < 1.29 is 27.8 Å². The van der Waals surface area contributed by atoms with Gasteiger partial charge < -0.3 is 15.6 Å². The number of carbonyl (C=O) groups is 1. The first-order chi connectivity index (χ1) is 11.7. The molecule has 0 radical (unpaired) electrons. The molecule has 3 aromatic heterocycles. The van der Waals surface area contributed by atoms with Gasteiger partial charge >= 0.3 is 12.1 Å². The maximum atomic E-state index is 13.3. The average molecular weight is 353 g/mol. The summed E-state index contributed by atoms with van der Waals surface area (Å²) in [6, 6.07) is 1.96. The van der Waals surface area contributed by atoms with Crippen LogP contribution in [0.2, 0.25) is 0 Å². The van der Waals surface area contributed by atoms with Crippen molar-refractivity contribution in [1.29, 1.82) is 0 Å². The van der Waals surface area contributed by atoms with Gasteiger partial charge in [-0.15, -0.1) is 0 Å². The van der Waals surface area contributed by atoms with Crippen molar-refractivity contribution in [3.05, 3.63) is 35.8 Å². The lowest BCUT2D eigenvalue weighted by molar-refractivity contribution is -0.136. The normalized spacial score (nSPS) is 11.7. The van der Waals surface area contributed by atoms with Crippen LogP contribution in [-0.2, 0) is 6.18 Å². The fourth-order valence-electron chi connectivity index (χ4n) is 2.40. The van der Waals surface area contributed by atoms with Crippen molar-refractivity contribution in [2.45, 2.75) is 6.18 Å². The second-order valence-corrected chi connectivity index (χ2v) is 4.93. The van der Waals surface area contributed by atoms with Crippen molar-refractivity contribution in [3.63, 3.8) is 0 Å². The van der Waals surface area contributed by atoms with Crippen LogP contribution in [0.1, 0.15) is 15.9 Å². The van der Waals surface area contributed by atoms with E-state index in [0.29, 0.717) is 0 Å². The number of fused-ring (bicyclic) bond motifs is 1. The Bertz CT molecular complexity index is 984. The van der Waals surface area contributed by atoms with E-state index in [1.165, 1.54) is 13.3 Å². The van der Waals surface area contributed by atoms with Crippen molar-refractivity contribution in [1.82, 2.24) is 19.6 Å². The predicted molar refractivity (Wildman–Crippen MR) is 79.1 cm³/mol. The van der Waals surface area contributed by atoms with Crippen LogP contribution in [0.25, 0.3) is 16.8 Å². The highest BCUT2D eigenvalue weighted by Gasteiger charge is 2.36. The molecular weight excluding hydrogens is 343 g/mol. The summed E-state index contributed by atoms with van der Waals surface area (Å²) >= 11 is 0. The Morgan fingerprint density at radius 1 is 1.32 bits per heavy atom. The summed E-state index contributed by atoms with van der Waals surface area (Å²) in [5.41, 5.74) is 3.88. The summed E-state index contributed by atoms with van der Waals surface area (Å²) in [6.07, 6.45) is -2.51. The highest BCUT2D eigenvalue weighted by Crippen LogP contribution is 2.38. The summed E-state index contributed by atoms with van der Waals surface area (Å²) in [5.74, 6) is -1.85. The first-order valence-electron chi connectivity index (χ1n) is 6.71. The van der Waals surface area contributed by atoms with Gasteiger partial charge in [0.25, 0.3) is 0 Å². The van der Waals surface area contributed by atoms with Crippen molar-refractivity contribution in [2.24, 2.45) is 0 Å². The highest BCUT2D eigenvalue weighted by atomic mass is 19.4. The molecule has 0 amide bonds. The van der Waals surface area contributed by atoms with E-state index in [1.54, 1.807) is 0 Å². The van der Waals surface area contributed by atoms with Crippen molar-refractivity contribution in [2.75, 3.05) is 12.8 Å². The molecule has 0 aromatic carbocycles. The van der Waals surface area contributed by atoms with Crippen LogP contribution < -0.4 is 10.5 Å². The number of aromatic carboxylic acids is 1. The number of hydrogen-bond donors (Lipinski definition) is 2. The van der Waals surface area contributed by atoms with Crippen LogP contribution >= 0.6 is 0 Å². The number of carboxylic acids is 1. The van der Waals surface area contributed by atoms with Crippen LogP contribution in [0, 0.1) is 0 Å². The molecule has 0 unspecified atom stereocenters. The van der Waals surface area contributed by atoms with E-state index >= 15 is 0 Å². The van der Waals surface area contributed by atoms with Crippen LogP contribution in [0.4, 0.5) is 19.0 Å². The van der Waals surface area contributed by atoms with Gasteiger partial charge in [0.1, 0.15) is 17.4 Å². The lowest BCUT2D eigenvalue weighted by atomic mass is 10.1. The van der Waals surface area contributed by atoms with Gasteiger partial charge in [0.15, 0.2) is 5.82 Å². The number of nitrogens with two attached hydrogens (primary N) is 1. The molecule has 0 saturated heterocycles. The van der Waals surface area contributed by atoms with Gasteiger partial charge in [-0.1, -0.05) is 0 Å². The zero-order valence-electron chi connectivity index (χ0n) is 12.6. The molecule has 0 fully saturated rings. The minimum Gasteiger partial charge on any atom is -0.480 e. The molecule has 0 aliphatic rings. The monoisotopic (exact) mass is 353 g/mol. The van der Waals surface area contributed by atoms with E-state index in [2.05, 4.69) is 15.1 Å². The lowest BCUT2D eigenvalue weighted by Gasteiger charge is -2.07. The molecule has 25 heavy (non-hydrogen) atoms. The molecule has 0 aliphatic heterocycles. The highest BCUT2D eigenvalue weighted by molar-refractivity contribution is 5.92. The SMILES string of the molecule is COc1ncc(-c2cc(C(F)(F)F)c3c(N)ncnn23)cc1C(=O)O. The Hall–Kier alpha value is -3.37. The number of hydrogen-bond acceptors (Lipinski definition) is 6. The van der Waals surface area contributed by atoms with Gasteiger partial charge in [0.05, 0.1) is 18.4 Å². The zero-order valence-corrected chi connectivity index (χ0v) is 12.6. The molecule has 0 atom stereocenters. The number of aromatic nitrogens is 4. The van der Waals surface area contributed by atoms with Crippen LogP contribution in [0.5, 0.6) is 5.88 Å². The summed E-state index contributed by atoms with van der Waals surface area (Å²) in [5, 5.41) is 13.0. The van der Waals surface area contributed by atoms with Crippen molar-refractivity contribution in [3.8, 4) is 17.1 Å². The van der Waals surface area contributed by atoms with E-state index in [-0.39, 0.29) is 28.5 Å². The third-order valence-corrected chi connectivity index (χ3v) is 3.46. The number of nitrogen functional groups attached to an aromatic ring is 1. The number of carboxylic acid groups (broad SMARTS) is 1. The predicted octanol–water partition coefficient (Wildman–Crippen LogP) is 2.10. The number of nitrogens with zero attached hydrogens (tertiary/aromatic N) is 4. The standard InChI is InChI=1S/C14H10F3N5O3/c1-25-12-7(13(23)24)2-6(4-19-12)9-3-8(14(15,16)17)10-11(18)20-5-21-22(9)10/h2-5H,1H3,(H,23,24)(H2,18,20,21). The number of halogens is 3. The third kappa shape index (κ3) is 2.69. The minimum atomic E-state index is -4.70. The van der Waals surface area contributed by atoms with E-state index in [0.717, 1.165) is 23.0 Å². The fourth-order valence-corrected chi connectivity index (χ4v) is 2.40. The lowest BCUT2D eigenvalue weighted by Crippen LogP contribution is -2.07. The fraction of sp³-hybridized carbons (Fsp3) is 0.143. The van der Waals surface area contributed by atoms with Gasteiger partial charge in [-0.2, -0.15) is 18.3 Å². The van der Waals surface area contributed by atoms with Gasteiger partial charge in [-0.25, -0.2) is 19.3 Å². The largest absolute Gasteiger partial charge is 0.480 e. The zero-order chi connectivity index (χ0) is 18.4. The number of pyridine rings is 1. The van der Waals surface area contributed by atoms with Gasteiger partial charge in [-0.3, -0.25) is 0 Å². The Morgan fingerprint density at radius 3 is 2.64 bits per heavy atom. The first kappa shape index (κ1) is 16.5. The first-order valence-corrected chi connectivity index (χ1v) is 6.71. The minimum absolute atomic E-state index is 0.0333. The summed E-state index contributed by atoms with van der Waals surface area (Å²) in [4.78, 5) is 18.7. The molecule has 0 saturated carbocycles. The second kappa shape index (κ2) is 5.61. The second-order valence-electron chi connectivity index (χ2n) is 4.93. The number of alkyl halides is 3. The van der Waals surface area contributed by atoms with E-state index < -0.39 is 23.2 Å². The molecule has 3 N–H and O–H groups in total. The summed E-state index contributed by atoms with van der Waals surface area (Å²) in [7, 11) is 1.23. The Labute approximate surface area is 137 Å². The topological polar surface area (TPSA) is 116 Å². The molecule has 3 rings (SSSR count). The Kier molecular flexibility index (Phi) is 3.70. The summed E-state index contributed by atoms with van der Waals surface area (Å²) in [6.45, 7) is 0. The van der Waals surface area contributed by atoms with Gasteiger partial charge in [0, 0.05) is 11.8 Å². The molecule has 0 bridgehead atoms. The number of rotatable bonds is 3. The smallest absolute Gasteiger partial charge is 0.418 e. The third-order valence-electron chi connectivity index (χ3n) is 3.46. The van der Waals surface area contributed by atoms with E-state index in [9.17, 15) is 23.1 Å². The maximum Gasteiger partial charge on any atom is 0.418 e. The average Bonchev–Trinajstić information content (AvgIpc) is 2.95. The summed E-state index contributed by atoms with van der Waals surface area (Å²) < 4.78 is 45.7. The van der Waals surface area contributed by atoms with Gasteiger partial charge in [0.2, 0.25) is 5.88 Å². The molecule has 3 aromatic rings. The molecule has 0 spiro atoms. The molecular formula is C14H10F3N5O3. The molecule has 130 valence electrons. The molecule has 11 heteroatoms. The Balaban J connectivity index is 2.32. The molecule has 8 nitrogen and oxygen atoms in total. The van der Waals surface area contributed by atoms with E-state index in [1.807, 2.05) is 0 Å². The molecule has 0 aliphatic carbocycles. The Morgan fingerprint density at radius 2 is 2.04 bits per heavy atom. The quantitative estimate of drug-likeness (QED) is 0.741. The van der Waals surface area contributed by atoms with Crippen LogP contribution in [0.15, 0.2) is 24.7 Å². The maximum absolute atomic E-state index is 13.3.